The molecule has 3 nitrogen and oxygen atoms in total. The van der Waals surface area contributed by atoms with E-state index in [0.717, 1.165) is 11.3 Å². The van der Waals surface area contributed by atoms with Gasteiger partial charge >= 0.3 is 0 Å². The highest BCUT2D eigenvalue weighted by molar-refractivity contribution is 7.11. The lowest BCUT2D eigenvalue weighted by Gasteiger charge is -2.20. The van der Waals surface area contributed by atoms with Crippen LogP contribution in [0.25, 0.3) is 0 Å². The molecule has 1 amide bonds. The smallest absolute Gasteiger partial charge is 0.269 e. The first-order valence-corrected chi connectivity index (χ1v) is 6.37. The van der Waals surface area contributed by atoms with Gasteiger partial charge in [-0.15, -0.1) is 11.3 Å². The Hall–Kier alpha value is -1.68. The Labute approximate surface area is 105 Å². The van der Waals surface area contributed by atoms with Crippen LogP contribution in [0.5, 0.6) is 0 Å². The zero-order valence-electron chi connectivity index (χ0n) is 9.88. The molecule has 4 heteroatoms. The molecule has 2 aromatic rings. The van der Waals surface area contributed by atoms with Gasteiger partial charge in [0.25, 0.3) is 5.91 Å². The van der Waals surface area contributed by atoms with Gasteiger partial charge in [-0.05, 0) is 31.5 Å². The standard InChI is InChI=1S/C13H14N2OS/c1-3-15(11-6-4-5-10(2)7-11)13(16)12-8-14-9-17-12/h4-9H,3H2,1-2H3. The number of amides is 1. The van der Waals surface area contributed by atoms with Crippen molar-refractivity contribution in [2.24, 2.45) is 0 Å². The Morgan fingerprint density at radius 1 is 1.47 bits per heavy atom. The zero-order chi connectivity index (χ0) is 12.3. The van der Waals surface area contributed by atoms with Crippen molar-refractivity contribution in [1.82, 2.24) is 4.98 Å². The van der Waals surface area contributed by atoms with Gasteiger partial charge in [-0.3, -0.25) is 9.78 Å². The summed E-state index contributed by atoms with van der Waals surface area (Å²) in [6.07, 6.45) is 1.62. The Morgan fingerprint density at radius 2 is 2.29 bits per heavy atom. The third-order valence-electron chi connectivity index (χ3n) is 2.52. The number of benzene rings is 1. The molecule has 0 unspecified atom stereocenters. The third-order valence-corrected chi connectivity index (χ3v) is 3.28. The number of carbonyl (C=O) groups is 1. The average Bonchev–Trinajstić information content (AvgIpc) is 2.83. The van der Waals surface area contributed by atoms with E-state index in [4.69, 9.17) is 0 Å². The Balaban J connectivity index is 2.31. The number of thiazole rings is 1. The molecule has 0 fully saturated rings. The SMILES string of the molecule is CCN(C(=O)c1cncs1)c1cccc(C)c1. The number of hydrogen-bond donors (Lipinski definition) is 0. The summed E-state index contributed by atoms with van der Waals surface area (Å²) in [5.41, 5.74) is 3.76. The molecule has 0 aliphatic heterocycles. The van der Waals surface area contributed by atoms with Crippen LogP contribution in [0.2, 0.25) is 0 Å². The Morgan fingerprint density at radius 3 is 2.88 bits per heavy atom. The van der Waals surface area contributed by atoms with Crippen molar-refractivity contribution in [3.63, 3.8) is 0 Å². The van der Waals surface area contributed by atoms with Crippen LogP contribution in [0.1, 0.15) is 22.2 Å². The highest BCUT2D eigenvalue weighted by Crippen LogP contribution is 2.19. The molecule has 0 saturated heterocycles. The fourth-order valence-corrected chi connectivity index (χ4v) is 2.26. The first-order valence-electron chi connectivity index (χ1n) is 5.49. The second kappa shape index (κ2) is 5.10. The number of hydrogen-bond acceptors (Lipinski definition) is 3. The normalized spacial score (nSPS) is 10.2. The largest absolute Gasteiger partial charge is 0.308 e. The van der Waals surface area contributed by atoms with Gasteiger partial charge in [-0.25, -0.2) is 0 Å². The molecule has 0 aliphatic carbocycles. The van der Waals surface area contributed by atoms with Crippen LogP contribution in [-0.2, 0) is 0 Å². The summed E-state index contributed by atoms with van der Waals surface area (Å²) in [6.45, 7) is 4.65. The molecular formula is C13H14N2OS. The van der Waals surface area contributed by atoms with Crippen LogP contribution < -0.4 is 4.90 Å². The van der Waals surface area contributed by atoms with Crippen LogP contribution in [0, 0.1) is 6.92 Å². The van der Waals surface area contributed by atoms with Crippen molar-refractivity contribution < 1.29 is 4.79 Å². The number of aromatic nitrogens is 1. The van der Waals surface area contributed by atoms with Gasteiger partial charge in [-0.1, -0.05) is 12.1 Å². The van der Waals surface area contributed by atoms with E-state index in [-0.39, 0.29) is 5.91 Å². The van der Waals surface area contributed by atoms with E-state index in [2.05, 4.69) is 4.98 Å². The quantitative estimate of drug-likeness (QED) is 0.833. The molecular weight excluding hydrogens is 232 g/mol. The minimum Gasteiger partial charge on any atom is -0.308 e. The summed E-state index contributed by atoms with van der Waals surface area (Å²) in [4.78, 5) is 18.6. The van der Waals surface area contributed by atoms with E-state index < -0.39 is 0 Å². The lowest BCUT2D eigenvalue weighted by molar-refractivity contribution is 0.0992. The summed E-state index contributed by atoms with van der Waals surface area (Å²) in [7, 11) is 0. The van der Waals surface area contributed by atoms with Crippen LogP contribution >= 0.6 is 11.3 Å². The molecule has 1 aromatic heterocycles. The van der Waals surface area contributed by atoms with Gasteiger partial charge in [0.1, 0.15) is 4.88 Å². The fourth-order valence-electron chi connectivity index (χ4n) is 1.69. The maximum Gasteiger partial charge on any atom is 0.269 e. The molecule has 1 aromatic carbocycles. The summed E-state index contributed by atoms with van der Waals surface area (Å²) in [5, 5.41) is 0. The number of rotatable bonds is 3. The molecule has 0 bridgehead atoms. The van der Waals surface area contributed by atoms with Gasteiger partial charge < -0.3 is 4.90 Å². The first kappa shape index (κ1) is 11.8. The molecule has 88 valence electrons. The van der Waals surface area contributed by atoms with Crippen molar-refractivity contribution in [2.45, 2.75) is 13.8 Å². The molecule has 0 spiro atoms. The number of aryl methyl sites for hydroxylation is 1. The molecule has 0 radical (unpaired) electrons. The van der Waals surface area contributed by atoms with E-state index in [1.165, 1.54) is 11.3 Å². The number of nitrogens with zero attached hydrogens (tertiary/aromatic N) is 2. The molecule has 0 aliphatic rings. The van der Waals surface area contributed by atoms with Gasteiger partial charge in [-0.2, -0.15) is 0 Å². The molecule has 0 N–H and O–H groups in total. The summed E-state index contributed by atoms with van der Waals surface area (Å²) in [5.74, 6) is 0.0144. The van der Waals surface area contributed by atoms with Crippen molar-refractivity contribution >= 4 is 22.9 Å². The number of anilines is 1. The molecule has 0 saturated carbocycles. The first-order chi connectivity index (χ1) is 8.22. The highest BCUT2D eigenvalue weighted by atomic mass is 32.1. The van der Waals surface area contributed by atoms with Gasteiger partial charge in [0, 0.05) is 12.2 Å². The molecule has 2 rings (SSSR count). The fraction of sp³-hybridized carbons (Fsp3) is 0.231. The minimum absolute atomic E-state index is 0.0144. The Kier molecular flexibility index (Phi) is 3.54. The van der Waals surface area contributed by atoms with Gasteiger partial charge in [0.2, 0.25) is 0 Å². The maximum atomic E-state index is 12.2. The second-order valence-corrected chi connectivity index (χ2v) is 4.64. The summed E-state index contributed by atoms with van der Waals surface area (Å²) in [6, 6.07) is 7.96. The van der Waals surface area contributed by atoms with E-state index in [0.29, 0.717) is 11.4 Å². The van der Waals surface area contributed by atoms with Crippen molar-refractivity contribution in [3.05, 3.63) is 46.4 Å². The van der Waals surface area contributed by atoms with Gasteiger partial charge in [0.15, 0.2) is 0 Å². The van der Waals surface area contributed by atoms with Crippen molar-refractivity contribution in [1.29, 1.82) is 0 Å². The van der Waals surface area contributed by atoms with Crippen LogP contribution in [-0.4, -0.2) is 17.4 Å². The zero-order valence-corrected chi connectivity index (χ0v) is 10.7. The molecule has 1 heterocycles. The van der Waals surface area contributed by atoms with E-state index in [9.17, 15) is 4.79 Å². The average molecular weight is 246 g/mol. The minimum atomic E-state index is 0.0144. The lowest BCUT2D eigenvalue weighted by atomic mass is 10.2. The second-order valence-electron chi connectivity index (χ2n) is 3.75. The van der Waals surface area contributed by atoms with Crippen LogP contribution in [0.3, 0.4) is 0 Å². The van der Waals surface area contributed by atoms with Crippen LogP contribution in [0.4, 0.5) is 5.69 Å². The van der Waals surface area contributed by atoms with E-state index in [1.54, 1.807) is 16.6 Å². The van der Waals surface area contributed by atoms with Crippen LogP contribution in [0.15, 0.2) is 36.0 Å². The summed E-state index contributed by atoms with van der Waals surface area (Å²) >= 11 is 1.37. The number of carbonyl (C=O) groups excluding carboxylic acids is 1. The third kappa shape index (κ3) is 2.53. The predicted octanol–water partition coefficient (Wildman–Crippen LogP) is 3.12. The molecule has 17 heavy (non-hydrogen) atoms. The summed E-state index contributed by atoms with van der Waals surface area (Å²) < 4.78 is 0. The van der Waals surface area contributed by atoms with E-state index in [1.807, 2.05) is 38.1 Å². The van der Waals surface area contributed by atoms with Crippen molar-refractivity contribution in [2.75, 3.05) is 11.4 Å². The molecule has 0 atom stereocenters. The maximum absolute atomic E-state index is 12.2. The topological polar surface area (TPSA) is 33.2 Å². The Bertz CT molecular complexity index is 508. The highest BCUT2D eigenvalue weighted by Gasteiger charge is 2.17. The lowest BCUT2D eigenvalue weighted by Crippen LogP contribution is -2.29. The van der Waals surface area contributed by atoms with Gasteiger partial charge in [0.05, 0.1) is 11.7 Å². The monoisotopic (exact) mass is 246 g/mol. The predicted molar refractivity (Wildman–Crippen MR) is 70.6 cm³/mol. The van der Waals surface area contributed by atoms with E-state index >= 15 is 0 Å². The van der Waals surface area contributed by atoms with Crippen molar-refractivity contribution in [3.8, 4) is 0 Å².